The summed E-state index contributed by atoms with van der Waals surface area (Å²) in [6.07, 6.45) is 9.46. The first kappa shape index (κ1) is 11.3. The van der Waals surface area contributed by atoms with Crippen molar-refractivity contribution in [1.29, 1.82) is 0 Å². The van der Waals surface area contributed by atoms with Gasteiger partial charge in [0.05, 0.1) is 6.20 Å². The fraction of sp³-hybridized carbons (Fsp3) is 0.462. The van der Waals surface area contributed by atoms with E-state index in [0.717, 1.165) is 31.0 Å². The minimum atomic E-state index is -0.693. The van der Waals surface area contributed by atoms with Crippen molar-refractivity contribution >= 4 is 0 Å². The van der Waals surface area contributed by atoms with E-state index in [1.165, 1.54) is 25.1 Å². The van der Waals surface area contributed by atoms with Crippen LogP contribution in [0.25, 0.3) is 0 Å². The van der Waals surface area contributed by atoms with E-state index in [1.807, 2.05) is 0 Å². The van der Waals surface area contributed by atoms with E-state index in [0.29, 0.717) is 5.56 Å². The van der Waals surface area contributed by atoms with Gasteiger partial charge in [0.15, 0.2) is 0 Å². The number of nitrogens with zero attached hydrogens (tertiary/aromatic N) is 1. The molecule has 16 heavy (non-hydrogen) atoms. The van der Waals surface area contributed by atoms with Gasteiger partial charge in [0, 0.05) is 11.8 Å². The van der Waals surface area contributed by atoms with Crippen molar-refractivity contribution in [1.82, 2.24) is 4.98 Å². The fourth-order valence-corrected chi connectivity index (χ4v) is 2.08. The lowest BCUT2D eigenvalue weighted by molar-refractivity contribution is 0.209. The van der Waals surface area contributed by atoms with Crippen LogP contribution < -0.4 is 0 Å². The predicted octanol–water partition coefficient (Wildman–Crippen LogP) is 3.14. The highest BCUT2D eigenvalue weighted by Gasteiger charge is 2.15. The van der Waals surface area contributed by atoms with Crippen LogP contribution in [0.1, 0.15) is 43.8 Å². The number of halogens is 1. The fourth-order valence-electron chi connectivity index (χ4n) is 2.08. The van der Waals surface area contributed by atoms with Gasteiger partial charge in [0.1, 0.15) is 11.9 Å². The maximum absolute atomic E-state index is 13.0. The van der Waals surface area contributed by atoms with Gasteiger partial charge in [-0.25, -0.2) is 4.39 Å². The molecule has 2 rings (SSSR count). The molecule has 1 atom stereocenters. The molecule has 1 aliphatic carbocycles. The van der Waals surface area contributed by atoms with E-state index in [4.69, 9.17) is 0 Å². The van der Waals surface area contributed by atoms with E-state index in [2.05, 4.69) is 11.1 Å². The Bertz CT molecular complexity index is 389. The van der Waals surface area contributed by atoms with Crippen molar-refractivity contribution in [3.8, 4) is 0 Å². The molecule has 0 amide bonds. The summed E-state index contributed by atoms with van der Waals surface area (Å²) >= 11 is 0. The molecular formula is C13H16FNO. The van der Waals surface area contributed by atoms with Gasteiger partial charge in [0.25, 0.3) is 0 Å². The molecule has 0 radical (unpaired) electrons. The van der Waals surface area contributed by atoms with E-state index < -0.39 is 11.9 Å². The highest BCUT2D eigenvalue weighted by Crippen LogP contribution is 2.28. The topological polar surface area (TPSA) is 33.1 Å². The highest BCUT2D eigenvalue weighted by atomic mass is 19.1. The van der Waals surface area contributed by atoms with Gasteiger partial charge < -0.3 is 5.11 Å². The minimum Gasteiger partial charge on any atom is -0.384 e. The monoisotopic (exact) mass is 221 g/mol. The summed E-state index contributed by atoms with van der Waals surface area (Å²) in [7, 11) is 0. The molecule has 0 bridgehead atoms. The number of aliphatic hydroxyl groups excluding tert-OH is 1. The Morgan fingerprint density at radius 1 is 1.25 bits per heavy atom. The number of aromatic nitrogens is 1. The predicted molar refractivity (Wildman–Crippen MR) is 60.3 cm³/mol. The molecule has 0 aliphatic heterocycles. The molecule has 1 aliphatic rings. The first-order chi connectivity index (χ1) is 7.77. The summed E-state index contributed by atoms with van der Waals surface area (Å²) < 4.78 is 13.0. The third kappa shape index (κ3) is 2.67. The van der Waals surface area contributed by atoms with E-state index >= 15 is 0 Å². The quantitative estimate of drug-likeness (QED) is 0.778. The summed E-state index contributed by atoms with van der Waals surface area (Å²) in [4.78, 5) is 3.76. The lowest BCUT2D eigenvalue weighted by Crippen LogP contribution is -2.02. The number of allylic oxidation sites excluding steroid dienone is 1. The zero-order chi connectivity index (χ0) is 11.4. The third-order valence-electron chi connectivity index (χ3n) is 2.97. The van der Waals surface area contributed by atoms with Gasteiger partial charge in [-0.1, -0.05) is 12.5 Å². The smallest absolute Gasteiger partial charge is 0.141 e. The molecular weight excluding hydrogens is 205 g/mol. The zero-order valence-electron chi connectivity index (χ0n) is 9.19. The van der Waals surface area contributed by atoms with Crippen LogP contribution in [0.3, 0.4) is 0 Å². The Morgan fingerprint density at radius 3 is 2.94 bits per heavy atom. The maximum Gasteiger partial charge on any atom is 0.141 e. The molecule has 86 valence electrons. The summed E-state index contributed by atoms with van der Waals surface area (Å²) in [6, 6.07) is 1.35. The van der Waals surface area contributed by atoms with Gasteiger partial charge in [-0.05, 0) is 37.3 Å². The van der Waals surface area contributed by atoms with E-state index in [1.54, 1.807) is 0 Å². The first-order valence-electron chi connectivity index (χ1n) is 5.75. The van der Waals surface area contributed by atoms with Gasteiger partial charge in [-0.2, -0.15) is 0 Å². The Labute approximate surface area is 94.8 Å². The molecule has 1 aromatic heterocycles. The molecule has 1 aromatic rings. The van der Waals surface area contributed by atoms with Crippen LogP contribution in [-0.4, -0.2) is 10.1 Å². The average Bonchev–Trinajstić information content (AvgIpc) is 2.56. The Morgan fingerprint density at radius 2 is 2.12 bits per heavy atom. The van der Waals surface area contributed by atoms with Crippen LogP contribution in [0.15, 0.2) is 30.1 Å². The van der Waals surface area contributed by atoms with Crippen LogP contribution in [0.4, 0.5) is 4.39 Å². The summed E-state index contributed by atoms with van der Waals surface area (Å²) in [5, 5.41) is 10.1. The lowest BCUT2D eigenvalue weighted by Gasteiger charge is -2.14. The summed E-state index contributed by atoms with van der Waals surface area (Å²) in [5.41, 5.74) is 1.55. The molecule has 2 nitrogen and oxygen atoms in total. The largest absolute Gasteiger partial charge is 0.384 e. The number of hydrogen-bond acceptors (Lipinski definition) is 2. The van der Waals surface area contributed by atoms with Crippen LogP contribution in [0, 0.1) is 5.82 Å². The van der Waals surface area contributed by atoms with Gasteiger partial charge in [-0.15, -0.1) is 0 Å². The molecule has 3 heteroatoms. The summed E-state index contributed by atoms with van der Waals surface area (Å²) in [6.45, 7) is 0. The molecule has 1 N–H and O–H groups in total. The Hall–Kier alpha value is -1.22. The molecule has 0 spiro atoms. The van der Waals surface area contributed by atoms with Gasteiger partial charge >= 0.3 is 0 Å². The van der Waals surface area contributed by atoms with Crippen molar-refractivity contribution in [2.24, 2.45) is 0 Å². The number of hydrogen-bond donors (Lipinski definition) is 1. The molecule has 0 saturated heterocycles. The SMILES string of the molecule is OC(C1=CCCCCC1)c1cncc(F)c1. The molecule has 1 unspecified atom stereocenters. The number of rotatable bonds is 2. The van der Waals surface area contributed by atoms with E-state index in [9.17, 15) is 9.50 Å². The first-order valence-corrected chi connectivity index (χ1v) is 5.75. The van der Waals surface area contributed by atoms with Crippen LogP contribution >= 0.6 is 0 Å². The second-order valence-electron chi connectivity index (χ2n) is 4.22. The standard InChI is InChI=1S/C13H16FNO/c14-12-7-11(8-15-9-12)13(16)10-5-3-1-2-4-6-10/h5,7-9,13,16H,1-4,6H2. The highest BCUT2D eigenvalue weighted by molar-refractivity contribution is 5.24. The van der Waals surface area contributed by atoms with Crippen LogP contribution in [0.5, 0.6) is 0 Å². The molecule has 0 aromatic carbocycles. The number of aliphatic hydroxyl groups is 1. The van der Waals surface area contributed by atoms with Crippen LogP contribution in [-0.2, 0) is 0 Å². The lowest BCUT2D eigenvalue weighted by atomic mass is 9.99. The summed E-state index contributed by atoms with van der Waals surface area (Å²) in [5.74, 6) is -0.397. The molecule has 1 heterocycles. The second kappa shape index (κ2) is 5.21. The minimum absolute atomic E-state index is 0.397. The van der Waals surface area contributed by atoms with Crippen molar-refractivity contribution < 1.29 is 9.50 Å². The number of pyridine rings is 1. The van der Waals surface area contributed by atoms with Crippen LogP contribution in [0.2, 0.25) is 0 Å². The second-order valence-corrected chi connectivity index (χ2v) is 4.22. The van der Waals surface area contributed by atoms with Gasteiger partial charge in [-0.3, -0.25) is 4.98 Å². The molecule has 0 fully saturated rings. The average molecular weight is 221 g/mol. The Kier molecular flexibility index (Phi) is 3.67. The van der Waals surface area contributed by atoms with Gasteiger partial charge in [0.2, 0.25) is 0 Å². The van der Waals surface area contributed by atoms with Crippen molar-refractivity contribution in [2.45, 2.75) is 38.2 Å². The normalized spacial score (nSPS) is 18.8. The third-order valence-corrected chi connectivity index (χ3v) is 2.97. The Balaban J connectivity index is 2.17. The van der Waals surface area contributed by atoms with Crippen molar-refractivity contribution in [2.75, 3.05) is 0 Å². The zero-order valence-corrected chi connectivity index (χ0v) is 9.19. The van der Waals surface area contributed by atoms with Crippen molar-refractivity contribution in [3.63, 3.8) is 0 Å². The van der Waals surface area contributed by atoms with E-state index in [-0.39, 0.29) is 0 Å². The molecule has 0 saturated carbocycles. The maximum atomic E-state index is 13.0. The van der Waals surface area contributed by atoms with Crippen molar-refractivity contribution in [3.05, 3.63) is 41.5 Å².